The maximum absolute atomic E-state index is 13.8. The number of aromatic amines is 1. The summed E-state index contributed by atoms with van der Waals surface area (Å²) in [5.41, 5.74) is 1.02. The lowest BCUT2D eigenvalue weighted by Crippen LogP contribution is -2.34. The number of hydrogen-bond acceptors (Lipinski definition) is 7. The minimum Gasteiger partial charge on any atom is -0.456 e. The van der Waals surface area contributed by atoms with Crippen molar-refractivity contribution in [2.45, 2.75) is 31.0 Å². The molecule has 0 spiro atoms. The van der Waals surface area contributed by atoms with E-state index < -0.39 is 29.9 Å². The van der Waals surface area contributed by atoms with Gasteiger partial charge >= 0.3 is 0 Å². The van der Waals surface area contributed by atoms with Gasteiger partial charge in [0, 0.05) is 12.1 Å². The standard InChI is InChI=1S/C19H17ClF2N4O4/c20-9-4-11-18(25-17(9)23-5-8-2-1-3-10(21)14(8)22)26-19(24-11)30-13-7-29-15-12(27)6-28-16(13)15/h1-4,12-13,15-16,27H,5-7H2,(H2,23,24,25,26)/t12-,13-,15?,16-/m1/s1. The van der Waals surface area contributed by atoms with E-state index in [1.54, 1.807) is 6.07 Å². The number of halogens is 3. The van der Waals surface area contributed by atoms with E-state index >= 15 is 0 Å². The lowest BCUT2D eigenvalue weighted by Gasteiger charge is -2.15. The summed E-state index contributed by atoms with van der Waals surface area (Å²) in [4.78, 5) is 11.6. The Morgan fingerprint density at radius 2 is 2.07 bits per heavy atom. The second-order valence-corrected chi connectivity index (χ2v) is 7.53. The van der Waals surface area contributed by atoms with Crippen LogP contribution in [-0.2, 0) is 16.0 Å². The summed E-state index contributed by atoms with van der Waals surface area (Å²) >= 11 is 6.26. The van der Waals surface area contributed by atoms with Crippen molar-refractivity contribution < 1.29 is 28.1 Å². The highest BCUT2D eigenvalue weighted by Crippen LogP contribution is 2.31. The number of anilines is 1. The molecule has 0 bridgehead atoms. The van der Waals surface area contributed by atoms with Gasteiger partial charge in [-0.2, -0.15) is 4.98 Å². The fraction of sp³-hybridized carbons (Fsp3) is 0.368. The number of nitrogens with one attached hydrogen (secondary N) is 2. The smallest absolute Gasteiger partial charge is 0.296 e. The van der Waals surface area contributed by atoms with E-state index in [0.717, 1.165) is 6.07 Å². The van der Waals surface area contributed by atoms with E-state index in [9.17, 15) is 13.9 Å². The minimum atomic E-state index is -0.922. The van der Waals surface area contributed by atoms with Crippen LogP contribution in [0.2, 0.25) is 5.02 Å². The highest BCUT2D eigenvalue weighted by atomic mass is 35.5. The van der Waals surface area contributed by atoms with Gasteiger partial charge < -0.3 is 29.6 Å². The van der Waals surface area contributed by atoms with Gasteiger partial charge in [0.15, 0.2) is 23.4 Å². The molecule has 3 N–H and O–H groups in total. The molecule has 1 unspecified atom stereocenters. The first-order valence-corrected chi connectivity index (χ1v) is 9.68. The molecule has 3 aromatic rings. The summed E-state index contributed by atoms with van der Waals surface area (Å²) in [6, 6.07) is 5.77. The summed E-state index contributed by atoms with van der Waals surface area (Å²) in [5, 5.41) is 13.0. The van der Waals surface area contributed by atoms with Crippen LogP contribution in [0.25, 0.3) is 11.2 Å². The van der Waals surface area contributed by atoms with Crippen LogP contribution in [0.4, 0.5) is 14.6 Å². The highest BCUT2D eigenvalue weighted by Gasteiger charge is 2.48. The highest BCUT2D eigenvalue weighted by molar-refractivity contribution is 6.33. The molecule has 158 valence electrons. The third kappa shape index (κ3) is 3.45. The Morgan fingerprint density at radius 1 is 1.23 bits per heavy atom. The molecule has 2 aromatic heterocycles. The molecule has 0 saturated carbocycles. The number of nitrogens with zero attached hydrogens (tertiary/aromatic N) is 2. The van der Waals surface area contributed by atoms with Crippen molar-refractivity contribution >= 4 is 28.6 Å². The van der Waals surface area contributed by atoms with E-state index in [-0.39, 0.29) is 48.3 Å². The third-order valence-electron chi connectivity index (χ3n) is 5.13. The number of aromatic nitrogens is 3. The predicted molar refractivity (Wildman–Crippen MR) is 102 cm³/mol. The van der Waals surface area contributed by atoms with Gasteiger partial charge in [-0.3, -0.25) is 0 Å². The first-order valence-electron chi connectivity index (χ1n) is 9.30. The Morgan fingerprint density at radius 3 is 2.93 bits per heavy atom. The summed E-state index contributed by atoms with van der Waals surface area (Å²) in [6.07, 6.45) is -1.87. The van der Waals surface area contributed by atoms with E-state index in [4.69, 9.17) is 25.8 Å². The molecule has 2 aliphatic heterocycles. The molecular formula is C19H17ClF2N4O4. The van der Waals surface area contributed by atoms with Crippen LogP contribution in [0, 0.1) is 11.6 Å². The van der Waals surface area contributed by atoms with Crippen molar-refractivity contribution in [3.05, 3.63) is 46.5 Å². The molecular weight excluding hydrogens is 422 g/mol. The van der Waals surface area contributed by atoms with Crippen molar-refractivity contribution in [2.75, 3.05) is 18.5 Å². The monoisotopic (exact) mass is 438 g/mol. The van der Waals surface area contributed by atoms with Crippen molar-refractivity contribution in [2.24, 2.45) is 0 Å². The Labute approximate surface area is 174 Å². The van der Waals surface area contributed by atoms with Gasteiger partial charge in [0.25, 0.3) is 6.01 Å². The average molecular weight is 439 g/mol. The van der Waals surface area contributed by atoms with E-state index in [2.05, 4.69) is 20.3 Å². The Bertz CT molecular complexity index is 1100. The first kappa shape index (κ1) is 19.4. The first-order chi connectivity index (χ1) is 14.5. The Balaban J connectivity index is 1.32. The number of ether oxygens (including phenoxy) is 3. The van der Waals surface area contributed by atoms with Crippen molar-refractivity contribution in [3.63, 3.8) is 0 Å². The number of H-pyrrole nitrogens is 1. The number of rotatable bonds is 5. The van der Waals surface area contributed by atoms with Crippen LogP contribution in [0.1, 0.15) is 5.56 Å². The number of fused-ring (bicyclic) bond motifs is 2. The minimum absolute atomic E-state index is 0.00224. The normalized spacial score (nSPS) is 25.6. The Hall–Kier alpha value is -2.53. The van der Waals surface area contributed by atoms with Crippen LogP contribution in [0.5, 0.6) is 6.01 Å². The summed E-state index contributed by atoms with van der Waals surface area (Å²) in [5.74, 6) is -1.57. The molecule has 2 aliphatic rings. The fourth-order valence-electron chi connectivity index (χ4n) is 3.63. The van der Waals surface area contributed by atoms with Crippen molar-refractivity contribution in [1.82, 2.24) is 15.0 Å². The molecule has 0 amide bonds. The van der Waals surface area contributed by atoms with Gasteiger partial charge in [-0.05, 0) is 12.1 Å². The largest absolute Gasteiger partial charge is 0.456 e. The van der Waals surface area contributed by atoms with E-state index in [1.165, 1.54) is 12.1 Å². The molecule has 4 heterocycles. The fourth-order valence-corrected chi connectivity index (χ4v) is 3.85. The maximum atomic E-state index is 13.8. The van der Waals surface area contributed by atoms with Gasteiger partial charge in [0.2, 0.25) is 0 Å². The molecule has 2 saturated heterocycles. The molecule has 0 aliphatic carbocycles. The zero-order valence-corrected chi connectivity index (χ0v) is 16.2. The van der Waals surface area contributed by atoms with Crippen LogP contribution in [0.15, 0.2) is 24.3 Å². The average Bonchev–Trinajstić information content (AvgIpc) is 3.40. The number of aliphatic hydroxyl groups excluding tert-OH is 1. The van der Waals surface area contributed by atoms with Gasteiger partial charge in [-0.1, -0.05) is 23.7 Å². The van der Waals surface area contributed by atoms with Gasteiger partial charge in [0.05, 0.1) is 23.8 Å². The number of imidazole rings is 1. The lowest BCUT2D eigenvalue weighted by atomic mass is 10.1. The molecule has 0 radical (unpaired) electrons. The Kier molecular flexibility index (Phi) is 4.94. The second-order valence-electron chi connectivity index (χ2n) is 7.12. The molecule has 11 heteroatoms. The summed E-state index contributed by atoms with van der Waals surface area (Å²) in [7, 11) is 0. The number of pyridine rings is 1. The van der Waals surface area contributed by atoms with E-state index in [0.29, 0.717) is 11.2 Å². The molecule has 30 heavy (non-hydrogen) atoms. The van der Waals surface area contributed by atoms with Crippen molar-refractivity contribution in [1.29, 1.82) is 0 Å². The molecule has 5 rings (SSSR count). The van der Waals surface area contributed by atoms with Crippen LogP contribution in [0.3, 0.4) is 0 Å². The second kappa shape index (κ2) is 7.62. The maximum Gasteiger partial charge on any atom is 0.296 e. The van der Waals surface area contributed by atoms with E-state index in [1.807, 2.05) is 0 Å². The van der Waals surface area contributed by atoms with Crippen LogP contribution >= 0.6 is 11.6 Å². The zero-order valence-electron chi connectivity index (χ0n) is 15.4. The van der Waals surface area contributed by atoms with Crippen LogP contribution < -0.4 is 10.1 Å². The predicted octanol–water partition coefficient (Wildman–Crippen LogP) is 2.41. The van der Waals surface area contributed by atoms with Gasteiger partial charge in [0.1, 0.15) is 24.1 Å². The number of aliphatic hydroxyl groups is 1. The summed E-state index contributed by atoms with van der Waals surface area (Å²) in [6.45, 7) is 0.467. The quantitative estimate of drug-likeness (QED) is 0.562. The SMILES string of the molecule is O[C@@H]1CO[C@H]2C1OC[C@H]2Oc1nc2nc(NCc3cccc(F)c3F)c(Cl)cc2[nH]1. The zero-order chi connectivity index (χ0) is 20.8. The lowest BCUT2D eigenvalue weighted by molar-refractivity contribution is 0.00706. The number of benzene rings is 1. The molecule has 4 atom stereocenters. The van der Waals surface area contributed by atoms with Crippen LogP contribution in [-0.4, -0.2) is 57.7 Å². The molecule has 8 nitrogen and oxygen atoms in total. The van der Waals surface area contributed by atoms with Gasteiger partial charge in [-0.15, -0.1) is 0 Å². The molecule has 2 fully saturated rings. The number of hydrogen-bond donors (Lipinski definition) is 3. The van der Waals surface area contributed by atoms with Gasteiger partial charge in [-0.25, -0.2) is 13.8 Å². The summed E-state index contributed by atoms with van der Waals surface area (Å²) < 4.78 is 44.1. The van der Waals surface area contributed by atoms with Crippen molar-refractivity contribution in [3.8, 4) is 6.01 Å². The topological polar surface area (TPSA) is 102 Å². The molecule has 1 aromatic carbocycles. The third-order valence-corrected chi connectivity index (χ3v) is 5.42.